The first kappa shape index (κ1) is 15.3. The summed E-state index contributed by atoms with van der Waals surface area (Å²) in [6, 6.07) is 8.63. The molecule has 0 unspecified atom stereocenters. The number of alkyl carbamates (subject to hydrolysis) is 1. The third kappa shape index (κ3) is 4.75. The molecule has 0 radical (unpaired) electrons. The normalized spacial score (nSPS) is 15.7. The van der Waals surface area contributed by atoms with Crippen molar-refractivity contribution in [2.75, 3.05) is 20.3 Å². The first-order valence-electron chi connectivity index (χ1n) is 6.82. The molecule has 0 bridgehead atoms. The highest BCUT2D eigenvalue weighted by molar-refractivity contribution is 5.81. The van der Waals surface area contributed by atoms with Crippen LogP contribution in [0.1, 0.15) is 12.0 Å². The first-order chi connectivity index (χ1) is 10.2. The second-order valence-corrected chi connectivity index (χ2v) is 4.92. The van der Waals surface area contributed by atoms with Gasteiger partial charge in [-0.05, 0) is 12.0 Å². The number of methoxy groups -OCH3 is 1. The number of carbonyl (C=O) groups is 2. The molecular formula is C15H19NO5. The fourth-order valence-electron chi connectivity index (χ4n) is 2.02. The van der Waals surface area contributed by atoms with E-state index in [0.29, 0.717) is 19.6 Å². The molecule has 1 aromatic carbocycles. The Morgan fingerprint density at radius 1 is 1.33 bits per heavy atom. The summed E-state index contributed by atoms with van der Waals surface area (Å²) in [7, 11) is 1.30. The van der Waals surface area contributed by atoms with E-state index in [1.54, 1.807) is 0 Å². The van der Waals surface area contributed by atoms with Crippen molar-refractivity contribution in [1.29, 1.82) is 0 Å². The van der Waals surface area contributed by atoms with E-state index >= 15 is 0 Å². The second-order valence-electron chi connectivity index (χ2n) is 4.92. The topological polar surface area (TPSA) is 73.9 Å². The number of hydrogen-bond donors (Lipinski definition) is 1. The summed E-state index contributed by atoms with van der Waals surface area (Å²) in [5, 5.41) is 2.55. The largest absolute Gasteiger partial charge is 0.467 e. The molecular weight excluding hydrogens is 274 g/mol. The molecule has 1 fully saturated rings. The minimum Gasteiger partial charge on any atom is -0.467 e. The summed E-state index contributed by atoms with van der Waals surface area (Å²) in [4.78, 5) is 23.4. The smallest absolute Gasteiger partial charge is 0.408 e. The Hall–Kier alpha value is -2.08. The Balaban J connectivity index is 1.80. The van der Waals surface area contributed by atoms with Crippen LogP contribution >= 0.6 is 0 Å². The molecule has 1 aromatic rings. The van der Waals surface area contributed by atoms with Crippen molar-refractivity contribution < 1.29 is 23.8 Å². The Labute approximate surface area is 123 Å². The van der Waals surface area contributed by atoms with Gasteiger partial charge in [-0.2, -0.15) is 0 Å². The maximum atomic E-state index is 11.8. The predicted molar refractivity (Wildman–Crippen MR) is 74.5 cm³/mol. The number of esters is 1. The molecule has 2 rings (SSSR count). The highest BCUT2D eigenvalue weighted by atomic mass is 16.6. The van der Waals surface area contributed by atoms with Crippen molar-refractivity contribution >= 4 is 12.1 Å². The summed E-state index contributed by atoms with van der Waals surface area (Å²) < 4.78 is 14.9. The van der Waals surface area contributed by atoms with Gasteiger partial charge in [0.2, 0.25) is 0 Å². The quantitative estimate of drug-likeness (QED) is 0.804. The molecule has 114 valence electrons. The van der Waals surface area contributed by atoms with E-state index in [0.717, 1.165) is 5.56 Å². The van der Waals surface area contributed by atoms with E-state index < -0.39 is 18.1 Å². The second kappa shape index (κ2) is 7.64. The summed E-state index contributed by atoms with van der Waals surface area (Å²) in [5.41, 5.74) is 0.884. The zero-order chi connectivity index (χ0) is 15.1. The van der Waals surface area contributed by atoms with Gasteiger partial charge < -0.3 is 19.5 Å². The molecule has 1 N–H and O–H groups in total. The maximum Gasteiger partial charge on any atom is 0.408 e. The molecule has 1 aliphatic rings. The van der Waals surface area contributed by atoms with Gasteiger partial charge in [0.05, 0.1) is 20.3 Å². The van der Waals surface area contributed by atoms with Crippen LogP contribution in [0.25, 0.3) is 0 Å². The third-order valence-corrected chi connectivity index (χ3v) is 3.27. The molecule has 0 spiro atoms. The van der Waals surface area contributed by atoms with Gasteiger partial charge in [-0.25, -0.2) is 9.59 Å². The summed E-state index contributed by atoms with van der Waals surface area (Å²) in [5.74, 6) is -0.206. The molecule has 0 aliphatic carbocycles. The van der Waals surface area contributed by atoms with Crippen LogP contribution in [-0.2, 0) is 25.6 Å². The minimum atomic E-state index is -0.702. The van der Waals surface area contributed by atoms with Gasteiger partial charge in [0.25, 0.3) is 0 Å². The van der Waals surface area contributed by atoms with Crippen molar-refractivity contribution in [3.8, 4) is 0 Å². The van der Waals surface area contributed by atoms with Gasteiger partial charge in [0.1, 0.15) is 12.6 Å². The average Bonchev–Trinajstić information content (AvgIpc) is 2.47. The molecule has 1 heterocycles. The number of hydrogen-bond acceptors (Lipinski definition) is 5. The number of benzene rings is 1. The van der Waals surface area contributed by atoms with E-state index in [4.69, 9.17) is 14.2 Å². The number of carbonyl (C=O) groups excluding carboxylic acids is 2. The van der Waals surface area contributed by atoms with Gasteiger partial charge in [-0.1, -0.05) is 30.3 Å². The molecule has 0 aromatic heterocycles. The van der Waals surface area contributed by atoms with Gasteiger partial charge in [-0.15, -0.1) is 0 Å². The van der Waals surface area contributed by atoms with Gasteiger partial charge in [-0.3, -0.25) is 0 Å². The SMILES string of the molecule is COC(=O)[C@@H](CC1COC1)NC(=O)OCc1ccccc1. The summed E-state index contributed by atoms with van der Waals surface area (Å²) >= 11 is 0. The number of rotatable bonds is 6. The standard InChI is InChI=1S/C15H19NO5/c1-19-14(17)13(7-12-8-20-9-12)16-15(18)21-10-11-5-3-2-4-6-11/h2-6,12-13H,7-10H2,1H3,(H,16,18)/t13-/m1/s1. The number of ether oxygens (including phenoxy) is 3. The molecule has 6 heteroatoms. The van der Waals surface area contributed by atoms with Crippen LogP contribution in [0.15, 0.2) is 30.3 Å². The number of nitrogens with one attached hydrogen (secondary N) is 1. The first-order valence-corrected chi connectivity index (χ1v) is 6.82. The third-order valence-electron chi connectivity index (χ3n) is 3.27. The number of amides is 1. The lowest BCUT2D eigenvalue weighted by Gasteiger charge is -2.28. The fourth-order valence-corrected chi connectivity index (χ4v) is 2.02. The molecule has 1 saturated heterocycles. The van der Waals surface area contributed by atoms with Gasteiger partial charge in [0, 0.05) is 5.92 Å². The van der Waals surface area contributed by atoms with Crippen LogP contribution in [0.2, 0.25) is 0 Å². The van der Waals surface area contributed by atoms with Crippen molar-refractivity contribution in [1.82, 2.24) is 5.32 Å². The van der Waals surface area contributed by atoms with Crippen molar-refractivity contribution in [3.63, 3.8) is 0 Å². The van der Waals surface area contributed by atoms with Crippen LogP contribution in [0.4, 0.5) is 4.79 Å². The zero-order valence-corrected chi connectivity index (χ0v) is 11.9. The van der Waals surface area contributed by atoms with Crippen LogP contribution in [0, 0.1) is 5.92 Å². The summed E-state index contributed by atoms with van der Waals surface area (Å²) in [6.07, 6.45) is -0.137. The van der Waals surface area contributed by atoms with Gasteiger partial charge >= 0.3 is 12.1 Å². The Morgan fingerprint density at radius 2 is 2.05 bits per heavy atom. The van der Waals surface area contributed by atoms with Crippen LogP contribution in [-0.4, -0.2) is 38.4 Å². The minimum absolute atomic E-state index is 0.160. The lowest BCUT2D eigenvalue weighted by atomic mass is 9.98. The summed E-state index contributed by atoms with van der Waals surface area (Å²) in [6.45, 7) is 1.37. The Bertz CT molecular complexity index is 472. The lowest BCUT2D eigenvalue weighted by molar-refractivity contribution is -0.144. The van der Waals surface area contributed by atoms with Crippen molar-refractivity contribution in [3.05, 3.63) is 35.9 Å². The molecule has 6 nitrogen and oxygen atoms in total. The molecule has 1 aliphatic heterocycles. The average molecular weight is 293 g/mol. The van der Waals surface area contributed by atoms with E-state index in [-0.39, 0.29) is 12.5 Å². The van der Waals surface area contributed by atoms with Crippen LogP contribution in [0.3, 0.4) is 0 Å². The molecule has 0 saturated carbocycles. The fraction of sp³-hybridized carbons (Fsp3) is 0.467. The predicted octanol–water partition coefficient (Wildman–Crippen LogP) is 1.49. The van der Waals surface area contributed by atoms with Crippen LogP contribution in [0.5, 0.6) is 0 Å². The van der Waals surface area contributed by atoms with Crippen molar-refractivity contribution in [2.24, 2.45) is 5.92 Å². The highest BCUT2D eigenvalue weighted by Gasteiger charge is 2.29. The van der Waals surface area contributed by atoms with E-state index in [1.807, 2.05) is 30.3 Å². The highest BCUT2D eigenvalue weighted by Crippen LogP contribution is 2.17. The van der Waals surface area contributed by atoms with Crippen LogP contribution < -0.4 is 5.32 Å². The van der Waals surface area contributed by atoms with Gasteiger partial charge in [0.15, 0.2) is 0 Å². The molecule has 21 heavy (non-hydrogen) atoms. The molecule has 1 amide bonds. The van der Waals surface area contributed by atoms with E-state index in [1.165, 1.54) is 7.11 Å². The maximum absolute atomic E-state index is 11.8. The van der Waals surface area contributed by atoms with E-state index in [2.05, 4.69) is 5.32 Å². The van der Waals surface area contributed by atoms with E-state index in [9.17, 15) is 9.59 Å². The molecule has 1 atom stereocenters. The zero-order valence-electron chi connectivity index (χ0n) is 11.9. The van der Waals surface area contributed by atoms with Crippen molar-refractivity contribution in [2.45, 2.75) is 19.1 Å². The monoisotopic (exact) mass is 293 g/mol. The Kier molecular flexibility index (Phi) is 5.57. The Morgan fingerprint density at radius 3 is 2.62 bits per heavy atom. The lowest BCUT2D eigenvalue weighted by Crippen LogP contribution is -2.45.